The average Bonchev–Trinajstić information content (AvgIpc) is 2.60. The van der Waals surface area contributed by atoms with Crippen LogP contribution in [0.5, 0.6) is 0 Å². The molecule has 1 N–H and O–H groups in total. The van der Waals surface area contributed by atoms with Crippen LogP contribution in [0.15, 0.2) is 54.6 Å². The van der Waals surface area contributed by atoms with E-state index in [-0.39, 0.29) is 11.6 Å². The van der Waals surface area contributed by atoms with Crippen molar-refractivity contribution in [1.29, 1.82) is 0 Å². The van der Waals surface area contributed by atoms with Crippen molar-refractivity contribution >= 4 is 11.6 Å². The predicted molar refractivity (Wildman–Crippen MR) is 96.7 cm³/mol. The number of carbonyl (C=O) groups excluding carboxylic acids is 1. The molecule has 1 aliphatic heterocycles. The SMILES string of the molecule is CC1CCCC2(C1)Nc1ccccc1C(=O)N2Cc1ccccc1. The van der Waals surface area contributed by atoms with Gasteiger partial charge in [0, 0.05) is 12.2 Å². The summed E-state index contributed by atoms with van der Waals surface area (Å²) in [6.07, 6.45) is 4.44. The van der Waals surface area contributed by atoms with E-state index < -0.39 is 0 Å². The number of carbonyl (C=O) groups is 1. The highest BCUT2D eigenvalue weighted by molar-refractivity contribution is 6.02. The number of rotatable bonds is 2. The van der Waals surface area contributed by atoms with E-state index in [0.29, 0.717) is 12.5 Å². The second kappa shape index (κ2) is 5.97. The van der Waals surface area contributed by atoms with Crippen molar-refractivity contribution in [2.24, 2.45) is 5.92 Å². The maximum Gasteiger partial charge on any atom is 0.258 e. The Bertz CT molecular complexity index is 743. The Labute approximate surface area is 143 Å². The van der Waals surface area contributed by atoms with Gasteiger partial charge >= 0.3 is 0 Å². The summed E-state index contributed by atoms with van der Waals surface area (Å²) in [6.45, 7) is 2.96. The summed E-state index contributed by atoms with van der Waals surface area (Å²) in [5.74, 6) is 0.782. The number of benzene rings is 2. The molecular formula is C21H24N2O. The first-order valence-electron chi connectivity index (χ1n) is 8.91. The van der Waals surface area contributed by atoms with Crippen LogP contribution >= 0.6 is 0 Å². The van der Waals surface area contributed by atoms with Crippen molar-refractivity contribution in [3.8, 4) is 0 Å². The second-order valence-corrected chi connectivity index (χ2v) is 7.28. The Morgan fingerprint density at radius 2 is 1.88 bits per heavy atom. The molecule has 1 fully saturated rings. The highest BCUT2D eigenvalue weighted by Gasteiger charge is 2.46. The van der Waals surface area contributed by atoms with Gasteiger partial charge in [0.1, 0.15) is 5.66 Å². The summed E-state index contributed by atoms with van der Waals surface area (Å²) < 4.78 is 0. The van der Waals surface area contributed by atoms with Crippen molar-refractivity contribution < 1.29 is 4.79 Å². The van der Waals surface area contributed by atoms with E-state index in [2.05, 4.69) is 29.3 Å². The third kappa shape index (κ3) is 2.58. The van der Waals surface area contributed by atoms with Crippen LogP contribution in [0.25, 0.3) is 0 Å². The maximum absolute atomic E-state index is 13.3. The monoisotopic (exact) mass is 320 g/mol. The van der Waals surface area contributed by atoms with Gasteiger partial charge in [-0.05, 0) is 42.9 Å². The molecule has 1 spiro atoms. The number of nitrogens with one attached hydrogen (secondary N) is 1. The number of para-hydroxylation sites is 1. The van der Waals surface area contributed by atoms with Gasteiger partial charge in [-0.1, -0.05) is 55.8 Å². The van der Waals surface area contributed by atoms with Crippen LogP contribution in [0.2, 0.25) is 0 Å². The van der Waals surface area contributed by atoms with Gasteiger partial charge in [-0.2, -0.15) is 0 Å². The smallest absolute Gasteiger partial charge is 0.258 e. The summed E-state index contributed by atoms with van der Waals surface area (Å²) in [4.78, 5) is 15.4. The largest absolute Gasteiger partial charge is 0.362 e. The minimum Gasteiger partial charge on any atom is -0.362 e. The number of amides is 1. The number of fused-ring (bicyclic) bond motifs is 1. The number of hydrogen-bond donors (Lipinski definition) is 1. The van der Waals surface area contributed by atoms with Crippen LogP contribution in [0.3, 0.4) is 0 Å². The van der Waals surface area contributed by atoms with E-state index in [9.17, 15) is 4.79 Å². The molecule has 0 bridgehead atoms. The minimum atomic E-state index is -0.251. The van der Waals surface area contributed by atoms with E-state index in [1.165, 1.54) is 12.0 Å². The Kier molecular flexibility index (Phi) is 3.79. The lowest BCUT2D eigenvalue weighted by molar-refractivity contribution is 0.0294. The van der Waals surface area contributed by atoms with Crippen LogP contribution in [0, 0.1) is 5.92 Å². The summed E-state index contributed by atoms with van der Waals surface area (Å²) in [5, 5.41) is 3.75. The second-order valence-electron chi connectivity index (χ2n) is 7.28. The van der Waals surface area contributed by atoms with E-state index in [1.54, 1.807) is 0 Å². The lowest BCUT2D eigenvalue weighted by Crippen LogP contribution is -2.61. The Morgan fingerprint density at radius 3 is 2.67 bits per heavy atom. The average molecular weight is 320 g/mol. The highest BCUT2D eigenvalue weighted by atomic mass is 16.2. The fourth-order valence-electron chi connectivity index (χ4n) is 4.31. The lowest BCUT2D eigenvalue weighted by atomic mass is 9.79. The topological polar surface area (TPSA) is 32.3 Å². The fraction of sp³-hybridized carbons (Fsp3) is 0.381. The highest BCUT2D eigenvalue weighted by Crippen LogP contribution is 2.42. The number of anilines is 1. The van der Waals surface area contributed by atoms with Gasteiger partial charge in [-0.15, -0.1) is 0 Å². The molecule has 24 heavy (non-hydrogen) atoms. The molecule has 1 aliphatic carbocycles. The zero-order valence-electron chi connectivity index (χ0n) is 14.2. The van der Waals surface area contributed by atoms with Gasteiger partial charge in [0.2, 0.25) is 0 Å². The van der Waals surface area contributed by atoms with Gasteiger partial charge < -0.3 is 10.2 Å². The van der Waals surface area contributed by atoms with E-state index in [1.807, 2.05) is 42.5 Å². The van der Waals surface area contributed by atoms with Gasteiger partial charge in [0.05, 0.1) is 5.56 Å². The summed E-state index contributed by atoms with van der Waals surface area (Å²) >= 11 is 0. The van der Waals surface area contributed by atoms with Crippen LogP contribution in [0.4, 0.5) is 5.69 Å². The molecule has 0 radical (unpaired) electrons. The predicted octanol–water partition coefficient (Wildman–Crippen LogP) is 4.66. The molecule has 1 heterocycles. The normalized spacial score (nSPS) is 26.1. The molecule has 3 heteroatoms. The molecule has 124 valence electrons. The third-order valence-corrected chi connectivity index (χ3v) is 5.44. The molecular weight excluding hydrogens is 296 g/mol. The summed E-state index contributed by atoms with van der Waals surface area (Å²) in [5.41, 5.74) is 2.71. The zero-order chi connectivity index (χ0) is 16.6. The first-order valence-corrected chi connectivity index (χ1v) is 8.91. The third-order valence-electron chi connectivity index (χ3n) is 5.44. The van der Waals surface area contributed by atoms with Gasteiger partial charge in [0.25, 0.3) is 5.91 Å². The van der Waals surface area contributed by atoms with Crippen molar-refractivity contribution in [1.82, 2.24) is 4.90 Å². The molecule has 3 nitrogen and oxygen atoms in total. The Balaban J connectivity index is 1.76. The first-order chi connectivity index (χ1) is 11.7. The van der Waals surface area contributed by atoms with E-state index >= 15 is 0 Å². The van der Waals surface area contributed by atoms with Gasteiger partial charge in [0.15, 0.2) is 0 Å². The van der Waals surface area contributed by atoms with Crippen molar-refractivity contribution in [3.63, 3.8) is 0 Å². The first kappa shape index (κ1) is 15.3. The molecule has 2 atom stereocenters. The molecule has 4 rings (SSSR count). The van der Waals surface area contributed by atoms with Crippen LogP contribution in [-0.4, -0.2) is 16.5 Å². The molecule has 2 aromatic carbocycles. The quantitative estimate of drug-likeness (QED) is 0.873. The minimum absolute atomic E-state index is 0.155. The fourth-order valence-corrected chi connectivity index (χ4v) is 4.31. The number of nitrogens with zero attached hydrogens (tertiary/aromatic N) is 1. The molecule has 1 amide bonds. The summed E-state index contributed by atoms with van der Waals surface area (Å²) in [6, 6.07) is 18.2. The standard InChI is InChI=1S/C21H24N2O/c1-16-8-7-13-21(14-16)22-19-12-6-5-11-18(19)20(24)23(21)15-17-9-3-2-4-10-17/h2-6,9-12,16,22H,7-8,13-15H2,1H3. The maximum atomic E-state index is 13.3. The van der Waals surface area contributed by atoms with Crippen molar-refractivity contribution in [2.45, 2.75) is 44.8 Å². The number of hydrogen-bond acceptors (Lipinski definition) is 2. The zero-order valence-corrected chi connectivity index (χ0v) is 14.2. The lowest BCUT2D eigenvalue weighted by Gasteiger charge is -2.52. The molecule has 0 saturated heterocycles. The van der Waals surface area contributed by atoms with E-state index in [4.69, 9.17) is 0 Å². The Hall–Kier alpha value is -2.29. The molecule has 2 unspecified atom stereocenters. The van der Waals surface area contributed by atoms with Crippen molar-refractivity contribution in [2.75, 3.05) is 5.32 Å². The Morgan fingerprint density at radius 1 is 1.12 bits per heavy atom. The molecule has 0 aromatic heterocycles. The van der Waals surface area contributed by atoms with Crippen molar-refractivity contribution in [3.05, 3.63) is 65.7 Å². The molecule has 2 aromatic rings. The molecule has 1 saturated carbocycles. The molecule has 2 aliphatic rings. The van der Waals surface area contributed by atoms with Gasteiger partial charge in [-0.25, -0.2) is 0 Å². The van der Waals surface area contributed by atoms with E-state index in [0.717, 1.165) is 30.5 Å². The van der Waals surface area contributed by atoms with Crippen LogP contribution in [-0.2, 0) is 6.54 Å². The summed E-state index contributed by atoms with van der Waals surface area (Å²) in [7, 11) is 0. The van der Waals surface area contributed by atoms with Crippen LogP contribution in [0.1, 0.15) is 48.5 Å². The van der Waals surface area contributed by atoms with Gasteiger partial charge in [-0.3, -0.25) is 4.79 Å². The van der Waals surface area contributed by atoms with Crippen LogP contribution < -0.4 is 5.32 Å².